The van der Waals surface area contributed by atoms with Crippen molar-refractivity contribution in [1.29, 1.82) is 0 Å². The smallest absolute Gasteiger partial charge is 0.240 e. The summed E-state index contributed by atoms with van der Waals surface area (Å²) in [5.74, 6) is -0.0373. The summed E-state index contributed by atoms with van der Waals surface area (Å²) < 4.78 is 1.75. The minimum absolute atomic E-state index is 0.0373. The van der Waals surface area contributed by atoms with E-state index in [4.69, 9.17) is 0 Å². The monoisotopic (exact) mass is 318 g/mol. The van der Waals surface area contributed by atoms with Gasteiger partial charge in [0.1, 0.15) is 11.6 Å². The van der Waals surface area contributed by atoms with E-state index in [0.29, 0.717) is 0 Å². The van der Waals surface area contributed by atoms with Crippen LogP contribution in [0, 0.1) is 0 Å². The molecule has 0 fully saturated rings. The average molecular weight is 318 g/mol. The molecule has 0 saturated heterocycles. The Morgan fingerprint density at radius 1 is 1.33 bits per heavy atom. The highest BCUT2D eigenvalue weighted by Gasteiger charge is 2.18. The first kappa shape index (κ1) is 14.0. The Kier molecular flexibility index (Phi) is 4.42. The molecule has 1 N–H and O–H groups in total. The molecule has 3 aromatic rings. The molecule has 3 heterocycles. The minimum Gasteiger partial charge on any atom is -0.345 e. The molecule has 0 unspecified atom stereocenters. The number of carbonyl (C=O) groups excluding carboxylic acids is 1. The van der Waals surface area contributed by atoms with E-state index < -0.39 is 0 Å². The largest absolute Gasteiger partial charge is 0.345 e. The number of amides is 1. The highest BCUT2D eigenvalue weighted by molar-refractivity contribution is 7.10. The van der Waals surface area contributed by atoms with Gasteiger partial charge in [-0.2, -0.15) is 0 Å². The Hall–Kier alpha value is -1.99. The normalized spacial score (nSPS) is 12.2. The Morgan fingerprint density at radius 2 is 2.29 bits per heavy atom. The number of carbonyl (C=O) groups is 1. The van der Waals surface area contributed by atoms with Crippen LogP contribution in [0.1, 0.15) is 15.9 Å². The summed E-state index contributed by atoms with van der Waals surface area (Å²) in [7, 11) is 0. The number of thiophene rings is 1. The van der Waals surface area contributed by atoms with Crippen LogP contribution in [-0.4, -0.2) is 20.4 Å². The second kappa shape index (κ2) is 6.64. The van der Waals surface area contributed by atoms with Gasteiger partial charge in [0.25, 0.3) is 0 Å². The molecule has 3 aromatic heterocycles. The topological polar surface area (TPSA) is 59.8 Å². The molecule has 1 atom stereocenters. The van der Waals surface area contributed by atoms with E-state index >= 15 is 0 Å². The number of imidazole rings is 1. The second-order valence-corrected chi connectivity index (χ2v) is 6.47. The second-order valence-electron chi connectivity index (χ2n) is 4.51. The average Bonchev–Trinajstić information content (AvgIpc) is 3.22. The maximum Gasteiger partial charge on any atom is 0.240 e. The van der Waals surface area contributed by atoms with E-state index in [9.17, 15) is 4.79 Å². The van der Waals surface area contributed by atoms with Crippen LogP contribution in [0.5, 0.6) is 0 Å². The maximum atomic E-state index is 12.2. The molecule has 1 amide bonds. The lowest BCUT2D eigenvalue weighted by Crippen LogP contribution is -2.32. The zero-order chi connectivity index (χ0) is 14.5. The number of rotatable bonds is 6. The molecule has 7 heteroatoms. The van der Waals surface area contributed by atoms with Crippen molar-refractivity contribution in [3.8, 4) is 0 Å². The number of nitrogens with one attached hydrogen (secondary N) is 1. The molecule has 21 heavy (non-hydrogen) atoms. The number of hydrogen-bond donors (Lipinski definition) is 1. The van der Waals surface area contributed by atoms with E-state index in [0.717, 1.165) is 11.4 Å². The van der Waals surface area contributed by atoms with E-state index in [1.54, 1.807) is 52.2 Å². The number of nitrogens with zero attached hydrogens (tertiary/aromatic N) is 3. The summed E-state index contributed by atoms with van der Waals surface area (Å²) >= 11 is 3.25. The van der Waals surface area contributed by atoms with Crippen molar-refractivity contribution in [2.45, 2.75) is 19.0 Å². The molecule has 0 aromatic carbocycles. The third kappa shape index (κ3) is 3.77. The third-order valence-corrected chi connectivity index (χ3v) is 4.74. The Bertz CT molecular complexity index is 662. The van der Waals surface area contributed by atoms with Crippen LogP contribution in [0.15, 0.2) is 47.8 Å². The Labute approximate surface area is 130 Å². The molecule has 5 nitrogen and oxygen atoms in total. The molecule has 0 saturated carbocycles. The van der Waals surface area contributed by atoms with Gasteiger partial charge in [-0.15, -0.1) is 22.7 Å². The zero-order valence-electron chi connectivity index (χ0n) is 11.2. The van der Waals surface area contributed by atoms with Gasteiger partial charge < -0.3 is 9.88 Å². The van der Waals surface area contributed by atoms with Crippen molar-refractivity contribution in [3.05, 3.63) is 57.7 Å². The quantitative estimate of drug-likeness (QED) is 0.759. The van der Waals surface area contributed by atoms with Gasteiger partial charge in [0.05, 0.1) is 12.4 Å². The fourth-order valence-corrected chi connectivity index (χ4v) is 3.46. The molecule has 0 spiro atoms. The number of thiazole rings is 1. The van der Waals surface area contributed by atoms with Crippen molar-refractivity contribution in [2.24, 2.45) is 0 Å². The van der Waals surface area contributed by atoms with Crippen LogP contribution in [0.2, 0.25) is 0 Å². The van der Waals surface area contributed by atoms with Gasteiger partial charge >= 0.3 is 0 Å². The van der Waals surface area contributed by atoms with Crippen LogP contribution < -0.4 is 5.32 Å². The van der Waals surface area contributed by atoms with Gasteiger partial charge in [-0.1, -0.05) is 6.07 Å². The molecule has 0 aliphatic heterocycles. The molecule has 0 radical (unpaired) electrons. The van der Waals surface area contributed by atoms with E-state index in [1.165, 1.54) is 4.88 Å². The number of aromatic nitrogens is 3. The van der Waals surface area contributed by atoms with Gasteiger partial charge in [0.2, 0.25) is 5.91 Å². The van der Waals surface area contributed by atoms with E-state index in [-0.39, 0.29) is 18.5 Å². The van der Waals surface area contributed by atoms with Crippen LogP contribution in [0.25, 0.3) is 0 Å². The fraction of sp³-hybridized carbons (Fsp3) is 0.214. The molecular formula is C14H14N4OS2. The summed E-state index contributed by atoms with van der Waals surface area (Å²) in [4.78, 5) is 21.7. The molecule has 108 valence electrons. The highest BCUT2D eigenvalue weighted by atomic mass is 32.1. The highest BCUT2D eigenvalue weighted by Crippen LogP contribution is 2.22. The third-order valence-electron chi connectivity index (χ3n) is 2.96. The predicted molar refractivity (Wildman–Crippen MR) is 83.2 cm³/mol. The summed E-state index contributed by atoms with van der Waals surface area (Å²) in [6, 6.07) is 4.01. The van der Waals surface area contributed by atoms with Gasteiger partial charge in [0.15, 0.2) is 0 Å². The maximum absolute atomic E-state index is 12.2. The summed E-state index contributed by atoms with van der Waals surface area (Å²) in [6.07, 6.45) is 7.61. The lowest BCUT2D eigenvalue weighted by atomic mass is 10.2. The lowest BCUT2D eigenvalue weighted by Gasteiger charge is -2.16. The number of hydrogen-bond acceptors (Lipinski definition) is 5. The van der Waals surface area contributed by atoms with E-state index in [2.05, 4.69) is 21.4 Å². The van der Waals surface area contributed by atoms with Crippen molar-refractivity contribution >= 4 is 28.6 Å². The van der Waals surface area contributed by atoms with Crippen molar-refractivity contribution in [2.75, 3.05) is 0 Å². The van der Waals surface area contributed by atoms with E-state index in [1.807, 2.05) is 16.8 Å². The van der Waals surface area contributed by atoms with Crippen LogP contribution >= 0.6 is 22.7 Å². The zero-order valence-corrected chi connectivity index (χ0v) is 12.8. The SMILES string of the molecule is O=C(Cn1ccnc1)N[C@@H](Cc1cccs1)c1nccs1. The van der Waals surface area contributed by atoms with Gasteiger partial charge in [0, 0.05) is 35.3 Å². The van der Waals surface area contributed by atoms with Crippen molar-refractivity contribution in [3.63, 3.8) is 0 Å². The Balaban J connectivity index is 1.68. The van der Waals surface area contributed by atoms with Gasteiger partial charge in [-0.25, -0.2) is 9.97 Å². The van der Waals surface area contributed by atoms with Crippen LogP contribution in [0.4, 0.5) is 0 Å². The van der Waals surface area contributed by atoms with Gasteiger partial charge in [-0.3, -0.25) is 4.79 Å². The van der Waals surface area contributed by atoms with Crippen LogP contribution in [-0.2, 0) is 17.8 Å². The Morgan fingerprint density at radius 3 is 2.95 bits per heavy atom. The standard InChI is InChI=1S/C14H14N4OS2/c19-13(9-18-5-3-15-10-18)17-12(14-16-4-7-21-14)8-11-2-1-6-20-11/h1-7,10,12H,8-9H2,(H,17,19)/t12-/m0/s1. The first-order chi connectivity index (χ1) is 10.3. The summed E-state index contributed by atoms with van der Waals surface area (Å²) in [5, 5.41) is 7.97. The van der Waals surface area contributed by atoms with Crippen molar-refractivity contribution < 1.29 is 4.79 Å². The summed E-state index contributed by atoms with van der Waals surface area (Å²) in [5.41, 5.74) is 0. The molecular weight excluding hydrogens is 304 g/mol. The lowest BCUT2D eigenvalue weighted by molar-refractivity contribution is -0.122. The molecule has 3 rings (SSSR count). The van der Waals surface area contributed by atoms with Crippen LogP contribution in [0.3, 0.4) is 0 Å². The predicted octanol–water partition coefficient (Wildman–Crippen LogP) is 2.50. The first-order valence-electron chi connectivity index (χ1n) is 6.48. The van der Waals surface area contributed by atoms with Crippen molar-refractivity contribution in [1.82, 2.24) is 19.9 Å². The summed E-state index contributed by atoms with van der Waals surface area (Å²) in [6.45, 7) is 0.270. The fourth-order valence-electron chi connectivity index (χ4n) is 2.02. The first-order valence-corrected chi connectivity index (χ1v) is 8.24. The molecule has 0 bridgehead atoms. The molecule has 0 aliphatic rings. The van der Waals surface area contributed by atoms with Gasteiger partial charge in [-0.05, 0) is 11.4 Å². The minimum atomic E-state index is -0.0836. The molecule has 0 aliphatic carbocycles.